The molecule has 0 aromatic rings. The molecule has 152 valence electrons. The number of amides is 1. The summed E-state index contributed by atoms with van der Waals surface area (Å²) in [6.07, 6.45) is -11.8. The van der Waals surface area contributed by atoms with Crippen LogP contribution in [0.15, 0.2) is 0 Å². The molecule has 2 fully saturated rings. The molecule has 2 heterocycles. The molecule has 10 atom stereocenters. The molecular weight excluding hydrogens is 356 g/mol. The molecule has 0 unspecified atom stereocenters. The third-order valence-corrected chi connectivity index (χ3v) is 4.50. The van der Waals surface area contributed by atoms with Crippen molar-refractivity contribution in [2.45, 2.75) is 74.8 Å². The first-order chi connectivity index (χ1) is 12.0. The molecule has 12 nitrogen and oxygen atoms in total. The molecule has 0 aromatic carbocycles. The first-order valence-corrected chi connectivity index (χ1v) is 8.08. The van der Waals surface area contributed by atoms with Crippen molar-refractivity contribution in [3.63, 3.8) is 0 Å². The van der Waals surface area contributed by atoms with Gasteiger partial charge in [0.2, 0.25) is 12.2 Å². The fourth-order valence-electron chi connectivity index (χ4n) is 2.91. The van der Waals surface area contributed by atoms with E-state index in [0.29, 0.717) is 0 Å². The lowest BCUT2D eigenvalue weighted by molar-refractivity contribution is -0.385. The van der Waals surface area contributed by atoms with Crippen molar-refractivity contribution in [2.75, 3.05) is 6.61 Å². The quantitative estimate of drug-likeness (QED) is 0.216. The number of rotatable bonds is 4. The van der Waals surface area contributed by atoms with Crippen LogP contribution in [0.5, 0.6) is 0 Å². The molecule has 2 saturated heterocycles. The van der Waals surface area contributed by atoms with Gasteiger partial charge in [0.15, 0.2) is 12.0 Å². The van der Waals surface area contributed by atoms with Crippen molar-refractivity contribution in [2.24, 2.45) is 5.73 Å². The summed E-state index contributed by atoms with van der Waals surface area (Å²) in [5.41, 5.74) is 3.01. The number of carbonyl (C=O) groups excluding carboxylic acids is 1. The summed E-state index contributed by atoms with van der Waals surface area (Å²) in [4.78, 5) is 11.4. The van der Waals surface area contributed by atoms with E-state index in [1.165, 1.54) is 13.8 Å². The topological polar surface area (TPSA) is 204 Å². The Balaban J connectivity index is 2.23. The molecule has 2 aliphatic heterocycles. The Morgan fingerprint density at radius 3 is 2.35 bits per heavy atom. The molecule has 0 saturated carbocycles. The molecule has 2 rings (SSSR count). The third-order valence-electron chi connectivity index (χ3n) is 4.50. The molecule has 12 heteroatoms. The van der Waals surface area contributed by atoms with Gasteiger partial charge in [0.25, 0.3) is 0 Å². The highest BCUT2D eigenvalue weighted by Gasteiger charge is 2.55. The van der Waals surface area contributed by atoms with Gasteiger partial charge in [0.1, 0.15) is 36.6 Å². The monoisotopic (exact) mass is 382 g/mol. The zero-order chi connectivity index (χ0) is 19.8. The van der Waals surface area contributed by atoms with E-state index >= 15 is 0 Å². The summed E-state index contributed by atoms with van der Waals surface area (Å²) in [5, 5.41) is 61.7. The van der Waals surface area contributed by atoms with Gasteiger partial charge in [-0.05, 0) is 6.92 Å². The summed E-state index contributed by atoms with van der Waals surface area (Å²) in [6.45, 7) is 1.92. The van der Waals surface area contributed by atoms with Crippen LogP contribution in [0.25, 0.3) is 0 Å². The van der Waals surface area contributed by atoms with Crippen LogP contribution in [0.4, 0.5) is 0 Å². The Hall–Kier alpha value is -0.930. The van der Waals surface area contributed by atoms with Crippen LogP contribution in [-0.2, 0) is 19.0 Å². The Morgan fingerprint density at radius 2 is 1.81 bits per heavy atom. The van der Waals surface area contributed by atoms with E-state index < -0.39 is 73.5 Å². The molecule has 26 heavy (non-hydrogen) atoms. The maximum atomic E-state index is 11.4. The van der Waals surface area contributed by atoms with Crippen molar-refractivity contribution >= 4 is 5.91 Å². The molecule has 0 radical (unpaired) electrons. The highest BCUT2D eigenvalue weighted by molar-refractivity contribution is 5.73. The van der Waals surface area contributed by atoms with Gasteiger partial charge in [-0.3, -0.25) is 10.5 Å². The smallest absolute Gasteiger partial charge is 0.217 e. The van der Waals surface area contributed by atoms with Gasteiger partial charge < -0.3 is 50.2 Å². The molecule has 0 bridgehead atoms. The van der Waals surface area contributed by atoms with Gasteiger partial charge in [-0.25, -0.2) is 0 Å². The summed E-state index contributed by atoms with van der Waals surface area (Å²) in [5.74, 6) is -0.552. The second-order valence-electron chi connectivity index (χ2n) is 6.56. The average molecular weight is 382 g/mol. The minimum absolute atomic E-state index is 0.552. The van der Waals surface area contributed by atoms with Crippen molar-refractivity contribution in [3.05, 3.63) is 0 Å². The van der Waals surface area contributed by atoms with Crippen LogP contribution in [0, 0.1) is 0 Å². The van der Waals surface area contributed by atoms with Gasteiger partial charge in [0.05, 0.1) is 12.7 Å². The number of aliphatic hydroxyl groups excluding tert-OH is 5. The first kappa shape index (κ1) is 21.4. The van der Waals surface area contributed by atoms with Gasteiger partial charge in [0, 0.05) is 6.92 Å². The number of hydrogen-bond acceptors (Lipinski definition) is 11. The SMILES string of the molecule is CC(=O)N[C@@H]1[C@H](O[C@H]2O[C@H](CO)[C@@H](O)[C@H](O)[C@@]2(N)O)O[C@H](C)[C@@H](O)[C@@H]1O. The molecule has 0 aliphatic carbocycles. The standard InChI is InChI=1S/C14H26N2O10/c1-4-8(19)10(21)7(16-5(2)18)12(24-4)26-13-14(15,23)11(22)9(20)6(3-17)25-13/h4,6-13,17,19-23H,3,15H2,1-2H3,(H,16,18)/t4-,6-,7+,8-,9-,10-,11+,12+,13-,14-/m1/s1. The summed E-state index contributed by atoms with van der Waals surface area (Å²) >= 11 is 0. The molecule has 2 aliphatic rings. The Bertz CT molecular complexity index is 506. The van der Waals surface area contributed by atoms with Crippen molar-refractivity contribution in [3.8, 4) is 0 Å². The third kappa shape index (κ3) is 3.99. The fourth-order valence-corrected chi connectivity index (χ4v) is 2.91. The van der Waals surface area contributed by atoms with Gasteiger partial charge in [-0.1, -0.05) is 0 Å². The lowest BCUT2D eigenvalue weighted by Gasteiger charge is -2.48. The van der Waals surface area contributed by atoms with Crippen LogP contribution in [-0.4, -0.2) is 104 Å². The first-order valence-electron chi connectivity index (χ1n) is 8.08. The molecule has 0 spiro atoms. The second kappa shape index (κ2) is 7.98. The van der Waals surface area contributed by atoms with Gasteiger partial charge in [-0.15, -0.1) is 0 Å². The normalized spacial score (nSPS) is 49.7. The number of aliphatic hydroxyl groups is 6. The number of ether oxygens (including phenoxy) is 3. The van der Waals surface area contributed by atoms with E-state index in [1.54, 1.807) is 0 Å². The summed E-state index contributed by atoms with van der Waals surface area (Å²) in [7, 11) is 0. The number of nitrogens with one attached hydrogen (secondary N) is 1. The highest BCUT2D eigenvalue weighted by atomic mass is 16.8. The zero-order valence-electron chi connectivity index (χ0n) is 14.3. The zero-order valence-corrected chi connectivity index (χ0v) is 14.3. The molecular formula is C14H26N2O10. The Labute approximate surface area is 149 Å². The number of carbonyl (C=O) groups is 1. The number of hydrogen-bond donors (Lipinski definition) is 8. The van der Waals surface area contributed by atoms with Crippen LogP contribution in [0.2, 0.25) is 0 Å². The average Bonchev–Trinajstić information content (AvgIpc) is 2.57. The van der Waals surface area contributed by atoms with Crippen molar-refractivity contribution in [1.82, 2.24) is 5.32 Å². The highest BCUT2D eigenvalue weighted by Crippen LogP contribution is 2.31. The van der Waals surface area contributed by atoms with Crippen LogP contribution in [0.1, 0.15) is 13.8 Å². The minimum Gasteiger partial charge on any atom is -0.394 e. The van der Waals surface area contributed by atoms with Crippen LogP contribution in [0.3, 0.4) is 0 Å². The van der Waals surface area contributed by atoms with Gasteiger partial charge in [-0.2, -0.15) is 0 Å². The lowest BCUT2D eigenvalue weighted by atomic mass is 9.94. The van der Waals surface area contributed by atoms with E-state index in [4.69, 9.17) is 19.9 Å². The van der Waals surface area contributed by atoms with E-state index in [1.807, 2.05) is 0 Å². The predicted octanol–water partition coefficient (Wildman–Crippen LogP) is -4.94. The van der Waals surface area contributed by atoms with Gasteiger partial charge >= 0.3 is 0 Å². The van der Waals surface area contributed by atoms with E-state index in [9.17, 15) is 35.4 Å². The second-order valence-corrected chi connectivity index (χ2v) is 6.56. The summed E-state index contributed by atoms with van der Waals surface area (Å²) in [6, 6.07) is -1.24. The van der Waals surface area contributed by atoms with Crippen LogP contribution >= 0.6 is 0 Å². The van der Waals surface area contributed by atoms with E-state index in [2.05, 4.69) is 5.32 Å². The lowest BCUT2D eigenvalue weighted by Crippen LogP contribution is -2.73. The number of nitrogens with two attached hydrogens (primary N) is 1. The Kier molecular flexibility index (Phi) is 6.56. The van der Waals surface area contributed by atoms with E-state index in [-0.39, 0.29) is 0 Å². The molecule has 0 aromatic heterocycles. The van der Waals surface area contributed by atoms with Crippen molar-refractivity contribution in [1.29, 1.82) is 0 Å². The minimum atomic E-state index is -2.58. The predicted molar refractivity (Wildman–Crippen MR) is 81.9 cm³/mol. The molecule has 1 amide bonds. The maximum Gasteiger partial charge on any atom is 0.217 e. The van der Waals surface area contributed by atoms with Crippen LogP contribution < -0.4 is 11.1 Å². The fraction of sp³-hybridized carbons (Fsp3) is 0.929. The molecule has 9 N–H and O–H groups in total. The Morgan fingerprint density at radius 1 is 1.19 bits per heavy atom. The van der Waals surface area contributed by atoms with E-state index in [0.717, 1.165) is 0 Å². The van der Waals surface area contributed by atoms with Crippen molar-refractivity contribution < 1.29 is 49.6 Å². The largest absolute Gasteiger partial charge is 0.394 e. The summed E-state index contributed by atoms with van der Waals surface area (Å²) < 4.78 is 16.0. The maximum absolute atomic E-state index is 11.4.